The highest BCUT2D eigenvalue weighted by Gasteiger charge is 2.46. The molecule has 1 aromatic carbocycles. The Morgan fingerprint density at radius 1 is 1.42 bits per heavy atom. The maximum absolute atomic E-state index is 14.1. The van der Waals surface area contributed by atoms with Gasteiger partial charge >= 0.3 is 0 Å². The lowest BCUT2D eigenvalue weighted by atomic mass is 9.85. The molecule has 0 bridgehead atoms. The molecular weight excluding hydrogens is 312 g/mol. The van der Waals surface area contributed by atoms with E-state index in [1.807, 2.05) is 13.8 Å². The molecule has 0 N–H and O–H groups in total. The van der Waals surface area contributed by atoms with Gasteiger partial charge in [0.15, 0.2) is 5.78 Å². The van der Waals surface area contributed by atoms with Crippen LogP contribution >= 0.6 is 0 Å². The Morgan fingerprint density at radius 2 is 2.00 bits per heavy atom. The summed E-state index contributed by atoms with van der Waals surface area (Å²) in [6.45, 7) is 9.48. The van der Waals surface area contributed by atoms with Crippen molar-refractivity contribution in [1.29, 1.82) is 0 Å². The maximum atomic E-state index is 14.1. The van der Waals surface area contributed by atoms with Gasteiger partial charge in [-0.1, -0.05) is 13.8 Å². The molecule has 0 amide bonds. The smallest absolute Gasteiger partial charge is 0.162 e. The Bertz CT molecular complexity index is 661. The SMILES string of the molecule is C#CCC1(N(C)N=C)CN(c2cc(F)c(C(C)=O)cc2F)C1.CC. The topological polar surface area (TPSA) is 35.9 Å². The first-order valence-electron chi connectivity index (χ1n) is 7.73. The molecule has 1 aromatic rings. The second-order valence-corrected chi connectivity index (χ2v) is 5.47. The zero-order valence-corrected chi connectivity index (χ0v) is 14.6. The molecule has 0 spiro atoms. The van der Waals surface area contributed by atoms with E-state index in [-0.39, 0.29) is 11.3 Å². The van der Waals surface area contributed by atoms with Crippen LogP contribution in [0.15, 0.2) is 17.2 Å². The molecule has 0 saturated carbocycles. The predicted octanol–water partition coefficient (Wildman–Crippen LogP) is 3.32. The number of rotatable bonds is 5. The van der Waals surface area contributed by atoms with Gasteiger partial charge in [0.25, 0.3) is 0 Å². The van der Waals surface area contributed by atoms with Crippen molar-refractivity contribution in [2.45, 2.75) is 32.7 Å². The average Bonchev–Trinajstić information content (AvgIpc) is 2.53. The van der Waals surface area contributed by atoms with Crippen LogP contribution in [0, 0.1) is 24.0 Å². The molecule has 4 nitrogen and oxygen atoms in total. The minimum atomic E-state index is -0.728. The number of Topliss-reactive ketones (excluding diaryl/α,β-unsaturated/α-hetero) is 1. The molecule has 0 aromatic heterocycles. The van der Waals surface area contributed by atoms with E-state index in [1.54, 1.807) is 17.0 Å². The molecule has 2 rings (SSSR count). The molecule has 1 fully saturated rings. The highest BCUT2D eigenvalue weighted by atomic mass is 19.1. The van der Waals surface area contributed by atoms with Gasteiger partial charge in [0.1, 0.15) is 17.2 Å². The van der Waals surface area contributed by atoms with Gasteiger partial charge in [0, 0.05) is 39.3 Å². The van der Waals surface area contributed by atoms with Gasteiger partial charge < -0.3 is 4.90 Å². The normalized spacial score (nSPS) is 14.6. The van der Waals surface area contributed by atoms with E-state index in [4.69, 9.17) is 6.42 Å². The fraction of sp³-hybridized carbons (Fsp3) is 0.444. The van der Waals surface area contributed by atoms with Crippen molar-refractivity contribution in [3.05, 3.63) is 29.3 Å². The van der Waals surface area contributed by atoms with Crippen molar-refractivity contribution in [3.8, 4) is 12.3 Å². The Labute approximate surface area is 142 Å². The number of terminal acetylenes is 1. The number of carbonyl (C=O) groups excluding carboxylic acids is 1. The summed E-state index contributed by atoms with van der Waals surface area (Å²) in [6, 6.07) is 1.98. The minimum Gasteiger partial charge on any atom is -0.364 e. The predicted molar refractivity (Wildman–Crippen MR) is 93.4 cm³/mol. The lowest BCUT2D eigenvalue weighted by molar-refractivity contribution is 0.0938. The van der Waals surface area contributed by atoms with Crippen molar-refractivity contribution in [2.75, 3.05) is 25.0 Å². The summed E-state index contributed by atoms with van der Waals surface area (Å²) in [4.78, 5) is 12.9. The Morgan fingerprint density at radius 3 is 2.46 bits per heavy atom. The number of halogens is 2. The summed E-state index contributed by atoms with van der Waals surface area (Å²) in [5.74, 6) is 0.711. The summed E-state index contributed by atoms with van der Waals surface area (Å²) in [5.41, 5.74) is -0.562. The number of likely N-dealkylation sites (N-methyl/N-ethyl adjacent to an activating group) is 1. The molecule has 6 heteroatoms. The number of ketones is 1. The van der Waals surface area contributed by atoms with Gasteiger partial charge in [-0.25, -0.2) is 8.78 Å². The number of hydrogen-bond acceptors (Lipinski definition) is 4. The number of hydrazone groups is 1. The molecule has 0 aliphatic carbocycles. The number of carbonyl (C=O) groups is 1. The van der Waals surface area contributed by atoms with Crippen LogP contribution in [0.4, 0.5) is 14.5 Å². The third-order valence-corrected chi connectivity index (χ3v) is 4.06. The molecule has 1 heterocycles. The second kappa shape index (κ2) is 7.91. The van der Waals surface area contributed by atoms with Crippen molar-refractivity contribution >= 4 is 18.2 Å². The van der Waals surface area contributed by atoms with Crippen molar-refractivity contribution in [2.24, 2.45) is 5.10 Å². The van der Waals surface area contributed by atoms with Crippen LogP contribution in [0.5, 0.6) is 0 Å². The molecule has 0 unspecified atom stereocenters. The van der Waals surface area contributed by atoms with Crippen molar-refractivity contribution in [3.63, 3.8) is 0 Å². The highest BCUT2D eigenvalue weighted by molar-refractivity contribution is 5.94. The number of benzene rings is 1. The number of hydrogen-bond donors (Lipinski definition) is 0. The zero-order chi connectivity index (χ0) is 18.5. The Kier molecular flexibility index (Phi) is 6.47. The van der Waals surface area contributed by atoms with E-state index in [1.165, 1.54) is 6.92 Å². The number of anilines is 1. The molecule has 1 aliphatic rings. The monoisotopic (exact) mass is 335 g/mol. The molecule has 1 saturated heterocycles. The van der Waals surface area contributed by atoms with E-state index >= 15 is 0 Å². The number of nitrogens with zero attached hydrogens (tertiary/aromatic N) is 3. The summed E-state index contributed by atoms with van der Waals surface area (Å²) in [7, 11) is 1.75. The molecular formula is C18H23F2N3O. The second-order valence-electron chi connectivity index (χ2n) is 5.47. The Hall–Kier alpha value is -2.42. The summed E-state index contributed by atoms with van der Waals surface area (Å²) in [6.07, 6.45) is 5.80. The quantitative estimate of drug-likeness (QED) is 0.358. The van der Waals surface area contributed by atoms with Crippen molar-refractivity contribution in [1.82, 2.24) is 5.01 Å². The first kappa shape index (κ1) is 19.6. The minimum absolute atomic E-state index is 0.118. The van der Waals surface area contributed by atoms with Gasteiger partial charge in [-0.2, -0.15) is 5.10 Å². The van der Waals surface area contributed by atoms with Crippen LogP contribution < -0.4 is 4.90 Å². The van der Waals surface area contributed by atoms with E-state index in [0.717, 1.165) is 12.1 Å². The lowest BCUT2D eigenvalue weighted by Gasteiger charge is -2.54. The van der Waals surface area contributed by atoms with E-state index in [9.17, 15) is 13.6 Å². The molecule has 1 aliphatic heterocycles. The third-order valence-electron chi connectivity index (χ3n) is 4.06. The molecule has 0 atom stereocenters. The van der Waals surface area contributed by atoms with Crippen molar-refractivity contribution < 1.29 is 13.6 Å². The van der Waals surface area contributed by atoms with Gasteiger partial charge in [0.2, 0.25) is 0 Å². The summed E-state index contributed by atoms with van der Waals surface area (Å²) < 4.78 is 28.0. The first-order valence-corrected chi connectivity index (χ1v) is 7.73. The molecule has 130 valence electrons. The summed E-state index contributed by atoms with van der Waals surface area (Å²) >= 11 is 0. The average molecular weight is 335 g/mol. The molecule has 24 heavy (non-hydrogen) atoms. The van der Waals surface area contributed by atoms with Crippen LogP contribution in [0.3, 0.4) is 0 Å². The zero-order valence-electron chi connectivity index (χ0n) is 14.6. The fourth-order valence-corrected chi connectivity index (χ4v) is 2.65. The van der Waals surface area contributed by atoms with E-state index in [2.05, 4.69) is 17.7 Å². The van der Waals surface area contributed by atoms with Crippen LogP contribution in [0.2, 0.25) is 0 Å². The first-order chi connectivity index (χ1) is 11.3. The van der Waals surface area contributed by atoms with E-state index < -0.39 is 23.0 Å². The lowest BCUT2D eigenvalue weighted by Crippen LogP contribution is -2.68. The van der Waals surface area contributed by atoms with Gasteiger partial charge in [0.05, 0.1) is 11.3 Å². The summed E-state index contributed by atoms with van der Waals surface area (Å²) in [5, 5.41) is 5.51. The van der Waals surface area contributed by atoms with Crippen LogP contribution in [-0.4, -0.2) is 43.2 Å². The maximum Gasteiger partial charge on any atom is 0.162 e. The van der Waals surface area contributed by atoms with Gasteiger partial charge in [-0.15, -0.1) is 12.3 Å². The van der Waals surface area contributed by atoms with Crippen LogP contribution in [0.1, 0.15) is 37.6 Å². The van der Waals surface area contributed by atoms with E-state index in [0.29, 0.717) is 19.5 Å². The van der Waals surface area contributed by atoms with Crippen LogP contribution in [0.25, 0.3) is 0 Å². The van der Waals surface area contributed by atoms with Gasteiger partial charge in [-0.3, -0.25) is 9.80 Å². The third kappa shape index (κ3) is 3.56. The highest BCUT2D eigenvalue weighted by Crippen LogP contribution is 2.36. The molecule has 0 radical (unpaired) electrons. The van der Waals surface area contributed by atoms with Gasteiger partial charge in [-0.05, 0) is 13.0 Å². The van der Waals surface area contributed by atoms with Crippen LogP contribution in [-0.2, 0) is 0 Å². The standard InChI is InChI=1S/C16H17F2N3O.C2H6/c1-5-6-16(20(4)19-3)9-21(10-16)15-8-13(17)12(11(2)22)7-14(15)18;1-2/h1,7-8H,3,6,9-10H2,2,4H3;1-2H3. The largest absolute Gasteiger partial charge is 0.364 e. The Balaban J connectivity index is 0.00000139. The fourth-order valence-electron chi connectivity index (χ4n) is 2.65.